The molecule has 212 valence electrons. The number of nitrogens with one attached hydrogen (secondary N) is 1. The van der Waals surface area contributed by atoms with Crippen molar-refractivity contribution in [3.8, 4) is 16.9 Å². The lowest BCUT2D eigenvalue weighted by atomic mass is 9.91. The number of para-hydroxylation sites is 2. The Labute approximate surface area is 233 Å². The Bertz CT molecular complexity index is 1410. The number of anilines is 1. The van der Waals surface area contributed by atoms with Gasteiger partial charge in [-0.2, -0.15) is 0 Å². The summed E-state index contributed by atoms with van der Waals surface area (Å²) in [6.45, 7) is 2.41. The van der Waals surface area contributed by atoms with Crippen molar-refractivity contribution < 1.29 is 29.9 Å². The van der Waals surface area contributed by atoms with Gasteiger partial charge >= 0.3 is 0 Å². The second-order valence-corrected chi connectivity index (χ2v) is 10.1. The minimum atomic E-state index is -1.61. The number of rotatable bonds is 12. The third-order valence-corrected chi connectivity index (χ3v) is 7.56. The summed E-state index contributed by atoms with van der Waals surface area (Å²) in [7, 11) is 0. The van der Waals surface area contributed by atoms with Gasteiger partial charge in [-0.1, -0.05) is 61.5 Å². The number of benzene rings is 3. The van der Waals surface area contributed by atoms with Crippen molar-refractivity contribution in [2.45, 2.75) is 56.8 Å². The van der Waals surface area contributed by atoms with Crippen LogP contribution in [0.15, 0.2) is 72.8 Å². The summed E-state index contributed by atoms with van der Waals surface area (Å²) in [5.74, 6) is 1.23. The van der Waals surface area contributed by atoms with Crippen LogP contribution >= 0.6 is 0 Å². The second kappa shape index (κ2) is 12.4. The molecule has 0 aliphatic carbocycles. The molecule has 3 aromatic carbocycles. The molecule has 0 amide bonds. The Morgan fingerprint density at radius 1 is 1.02 bits per heavy atom. The fourth-order valence-corrected chi connectivity index (χ4v) is 5.27. The molecule has 0 radical (unpaired) electrons. The molecule has 1 aromatic heterocycles. The maximum absolute atomic E-state index is 11.5. The van der Waals surface area contributed by atoms with Gasteiger partial charge in [-0.25, -0.2) is 4.98 Å². The van der Waals surface area contributed by atoms with Crippen LogP contribution in [0.3, 0.4) is 0 Å². The number of hydrogen-bond acceptors (Lipinski definition) is 8. The van der Waals surface area contributed by atoms with Crippen molar-refractivity contribution in [2.24, 2.45) is 0 Å². The molecule has 4 atom stereocenters. The lowest BCUT2D eigenvalue weighted by molar-refractivity contribution is -0.108. The second-order valence-electron chi connectivity index (χ2n) is 10.1. The fraction of sp³-hybridized carbons (Fsp3) is 0.387. The van der Waals surface area contributed by atoms with Crippen LogP contribution in [-0.4, -0.2) is 67.6 Å². The molecule has 5 rings (SSSR count). The molecule has 1 aliphatic rings. The van der Waals surface area contributed by atoms with Crippen LogP contribution in [0, 0.1) is 0 Å². The van der Waals surface area contributed by atoms with Crippen LogP contribution < -0.4 is 10.1 Å². The summed E-state index contributed by atoms with van der Waals surface area (Å²) >= 11 is 0. The van der Waals surface area contributed by atoms with Gasteiger partial charge in [-0.05, 0) is 48.6 Å². The monoisotopic (exact) mass is 547 g/mol. The van der Waals surface area contributed by atoms with Crippen LogP contribution in [0.25, 0.3) is 22.2 Å². The van der Waals surface area contributed by atoms with E-state index in [0.717, 1.165) is 34.4 Å². The van der Waals surface area contributed by atoms with Crippen molar-refractivity contribution in [3.05, 3.63) is 78.4 Å². The quantitative estimate of drug-likeness (QED) is 0.169. The van der Waals surface area contributed by atoms with Crippen molar-refractivity contribution in [1.29, 1.82) is 0 Å². The zero-order chi connectivity index (χ0) is 28.1. The highest BCUT2D eigenvalue weighted by Gasteiger charge is 2.55. The topological polar surface area (TPSA) is 129 Å². The molecule has 4 aromatic rings. The van der Waals surface area contributed by atoms with Crippen LogP contribution in [0.5, 0.6) is 5.75 Å². The van der Waals surface area contributed by atoms with E-state index in [0.29, 0.717) is 31.0 Å². The van der Waals surface area contributed by atoms with Crippen LogP contribution in [0.4, 0.5) is 5.95 Å². The third-order valence-electron chi connectivity index (χ3n) is 7.56. The first kappa shape index (κ1) is 28.1. The van der Waals surface area contributed by atoms with Crippen molar-refractivity contribution in [2.75, 3.05) is 25.1 Å². The number of imidazole rings is 1. The number of nitrogens with zero attached hydrogens (tertiary/aromatic N) is 2. The van der Waals surface area contributed by atoms with Gasteiger partial charge in [0.15, 0.2) is 6.23 Å². The lowest BCUT2D eigenvalue weighted by Gasteiger charge is -2.31. The molecule has 1 aliphatic heterocycles. The summed E-state index contributed by atoms with van der Waals surface area (Å²) in [6, 6.07) is 23.7. The van der Waals surface area contributed by atoms with E-state index in [9.17, 15) is 15.3 Å². The summed E-state index contributed by atoms with van der Waals surface area (Å²) in [5, 5.41) is 44.6. The van der Waals surface area contributed by atoms with E-state index in [1.54, 1.807) is 11.5 Å². The van der Waals surface area contributed by atoms with Gasteiger partial charge in [0, 0.05) is 18.7 Å². The molecular formula is C31H37N3O6. The van der Waals surface area contributed by atoms with E-state index in [1.807, 2.05) is 72.8 Å². The Hall–Kier alpha value is -3.47. The Morgan fingerprint density at radius 2 is 1.80 bits per heavy atom. The fourth-order valence-electron chi connectivity index (χ4n) is 5.27. The molecule has 9 heteroatoms. The minimum absolute atomic E-state index is 0.133. The molecule has 0 bridgehead atoms. The molecule has 9 nitrogen and oxygen atoms in total. The molecule has 4 unspecified atom stereocenters. The molecule has 0 saturated carbocycles. The summed E-state index contributed by atoms with van der Waals surface area (Å²) < 4.78 is 13.9. The molecule has 5 N–H and O–H groups in total. The van der Waals surface area contributed by atoms with Crippen molar-refractivity contribution in [1.82, 2.24) is 9.55 Å². The van der Waals surface area contributed by atoms with Crippen LogP contribution in [0.2, 0.25) is 0 Å². The molecule has 1 fully saturated rings. The number of fused-ring (bicyclic) bond motifs is 1. The van der Waals surface area contributed by atoms with Gasteiger partial charge in [0.25, 0.3) is 0 Å². The third kappa shape index (κ3) is 5.43. The predicted octanol–water partition coefficient (Wildman–Crippen LogP) is 3.86. The van der Waals surface area contributed by atoms with Crippen molar-refractivity contribution in [3.63, 3.8) is 0 Å². The number of aliphatic hydroxyl groups is 4. The van der Waals surface area contributed by atoms with Crippen LogP contribution in [0.1, 0.15) is 38.0 Å². The predicted molar refractivity (Wildman–Crippen MR) is 153 cm³/mol. The summed E-state index contributed by atoms with van der Waals surface area (Å²) in [4.78, 5) is 4.77. The maximum Gasteiger partial charge on any atom is 0.206 e. The highest BCUT2D eigenvalue weighted by molar-refractivity contribution is 5.79. The van der Waals surface area contributed by atoms with E-state index in [1.165, 1.54) is 0 Å². The highest BCUT2D eigenvalue weighted by atomic mass is 16.6. The standard InChI is InChI=1S/C31H37N3O6/c1-2-31(38)28(37)27(20-36)40-29(31)34-25-13-7-6-12-24(25)33-30(34)32-19-21-14-15-23(22-10-4-3-5-11-22)26(18-21)39-17-9-8-16-35/h3-7,10-15,18,27-29,35-38H,2,8-9,16-17,19-20H2,1H3,(H,32,33). The van der Waals surface area contributed by atoms with E-state index in [4.69, 9.17) is 19.6 Å². The van der Waals surface area contributed by atoms with Crippen LogP contribution in [-0.2, 0) is 11.3 Å². The molecule has 1 saturated heterocycles. The first-order valence-corrected chi connectivity index (χ1v) is 13.8. The average molecular weight is 548 g/mol. The van der Waals surface area contributed by atoms with Gasteiger partial charge in [0.1, 0.15) is 23.6 Å². The highest BCUT2D eigenvalue weighted by Crippen LogP contribution is 2.43. The van der Waals surface area contributed by atoms with Gasteiger partial charge < -0.3 is 35.2 Å². The Morgan fingerprint density at radius 3 is 2.55 bits per heavy atom. The number of ether oxygens (including phenoxy) is 2. The number of aromatic nitrogens is 2. The van der Waals surface area contributed by atoms with Gasteiger partial charge in [0.2, 0.25) is 5.95 Å². The zero-order valence-electron chi connectivity index (χ0n) is 22.6. The molecule has 40 heavy (non-hydrogen) atoms. The Balaban J connectivity index is 1.45. The first-order chi connectivity index (χ1) is 19.5. The first-order valence-electron chi connectivity index (χ1n) is 13.8. The van der Waals surface area contributed by atoms with Gasteiger partial charge in [-0.15, -0.1) is 0 Å². The van der Waals surface area contributed by atoms with E-state index < -0.39 is 30.6 Å². The number of unbranched alkanes of at least 4 members (excludes halogenated alkanes) is 1. The zero-order valence-corrected chi connectivity index (χ0v) is 22.6. The van der Waals surface area contributed by atoms with Crippen molar-refractivity contribution >= 4 is 17.0 Å². The normalized spacial score (nSPS) is 22.6. The molecule has 0 spiro atoms. The lowest BCUT2D eigenvalue weighted by Crippen LogP contribution is -2.46. The van der Waals surface area contributed by atoms with Gasteiger partial charge in [0.05, 0.1) is 24.2 Å². The Kier molecular flexibility index (Phi) is 8.68. The number of hydrogen-bond donors (Lipinski definition) is 5. The molecular weight excluding hydrogens is 510 g/mol. The van der Waals surface area contributed by atoms with E-state index >= 15 is 0 Å². The van der Waals surface area contributed by atoms with Gasteiger partial charge in [-0.3, -0.25) is 4.57 Å². The van der Waals surface area contributed by atoms with E-state index in [2.05, 4.69) is 5.32 Å². The maximum atomic E-state index is 11.5. The average Bonchev–Trinajstić information content (AvgIpc) is 3.48. The SMILES string of the molecule is CCC1(O)C(O)C(CO)OC1n1c(NCc2ccc(-c3ccccc3)c(OCCCCO)c2)nc2ccccc21. The largest absolute Gasteiger partial charge is 0.493 e. The van der Waals surface area contributed by atoms with E-state index in [-0.39, 0.29) is 13.0 Å². The number of aliphatic hydroxyl groups excluding tert-OH is 3. The minimum Gasteiger partial charge on any atom is -0.493 e. The summed E-state index contributed by atoms with van der Waals surface area (Å²) in [6.07, 6.45) is -1.47. The molecule has 2 heterocycles. The summed E-state index contributed by atoms with van der Waals surface area (Å²) in [5.41, 5.74) is 2.83. The smallest absolute Gasteiger partial charge is 0.206 e.